The second kappa shape index (κ2) is 9.37. The van der Waals surface area contributed by atoms with Gasteiger partial charge in [0.1, 0.15) is 6.04 Å². The van der Waals surface area contributed by atoms with Crippen LogP contribution in [0.3, 0.4) is 0 Å². The summed E-state index contributed by atoms with van der Waals surface area (Å²) in [4.78, 5) is 35.7. The molecule has 0 aliphatic carbocycles. The van der Waals surface area contributed by atoms with E-state index < -0.39 is 6.04 Å². The molecule has 4 rings (SSSR count). The van der Waals surface area contributed by atoms with E-state index in [1.165, 1.54) is 16.7 Å². The lowest BCUT2D eigenvalue weighted by atomic mass is 9.92. The van der Waals surface area contributed by atoms with Gasteiger partial charge in [-0.05, 0) is 42.3 Å². The largest absolute Gasteiger partial charge is 0.343 e. The monoisotopic (exact) mass is 445 g/mol. The molecule has 3 heterocycles. The molecular formula is C24H23N5O2S. The highest BCUT2D eigenvalue weighted by Crippen LogP contribution is 2.28. The van der Waals surface area contributed by atoms with E-state index in [1.807, 2.05) is 37.4 Å². The summed E-state index contributed by atoms with van der Waals surface area (Å²) < 4.78 is 0. The van der Waals surface area contributed by atoms with E-state index in [4.69, 9.17) is 0 Å². The van der Waals surface area contributed by atoms with Crippen molar-refractivity contribution in [2.75, 3.05) is 18.2 Å². The van der Waals surface area contributed by atoms with Gasteiger partial charge in [-0.15, -0.1) is 11.8 Å². The van der Waals surface area contributed by atoms with E-state index in [-0.39, 0.29) is 24.3 Å². The maximum Gasteiger partial charge on any atom is 0.252 e. The van der Waals surface area contributed by atoms with Crippen LogP contribution in [0.1, 0.15) is 40.0 Å². The van der Waals surface area contributed by atoms with Gasteiger partial charge in [-0.1, -0.05) is 19.1 Å². The first-order valence-corrected chi connectivity index (χ1v) is 11.5. The number of fused-ring (bicyclic) bond motifs is 1. The van der Waals surface area contributed by atoms with Crippen molar-refractivity contribution in [1.82, 2.24) is 20.2 Å². The molecule has 0 saturated carbocycles. The zero-order valence-electron chi connectivity index (χ0n) is 17.9. The van der Waals surface area contributed by atoms with E-state index >= 15 is 0 Å². The Kier molecular flexibility index (Phi) is 6.37. The minimum Gasteiger partial charge on any atom is -0.343 e. The highest BCUT2D eigenvalue weighted by atomic mass is 32.2. The molecule has 2 aromatic heterocycles. The van der Waals surface area contributed by atoms with E-state index in [2.05, 4.69) is 34.3 Å². The van der Waals surface area contributed by atoms with Crippen LogP contribution in [0, 0.1) is 18.3 Å². The zero-order valence-corrected chi connectivity index (χ0v) is 18.7. The molecule has 1 aromatic carbocycles. The summed E-state index contributed by atoms with van der Waals surface area (Å²) in [5.41, 5.74) is 4.28. The van der Waals surface area contributed by atoms with Crippen LogP contribution in [0.4, 0.5) is 0 Å². The molecule has 0 unspecified atom stereocenters. The molecule has 1 fully saturated rings. The summed E-state index contributed by atoms with van der Waals surface area (Å²) in [6.45, 7) is 3.91. The average molecular weight is 446 g/mol. The van der Waals surface area contributed by atoms with Crippen molar-refractivity contribution in [3.63, 3.8) is 0 Å². The lowest BCUT2D eigenvalue weighted by Gasteiger charge is -2.19. The third-order valence-corrected chi connectivity index (χ3v) is 6.71. The molecule has 3 aromatic rings. The Morgan fingerprint density at radius 2 is 2.06 bits per heavy atom. The fraction of sp³-hybridized carbons (Fsp3) is 0.292. The van der Waals surface area contributed by atoms with Crippen LogP contribution in [0.2, 0.25) is 0 Å². The standard InChI is InChI=1S/C24H23N5O2S/c1-15-3-4-18(11-27-15)16(2)17-5-6-22-21(9-17)20(7-8-26-22)24(31)28-12-23(30)29-14-32-13-19(29)10-25/h3-9,11,16,19H,12-14H2,1-2H3,(H,28,31)/t16-,19-/m1/s1. The van der Waals surface area contributed by atoms with E-state index in [0.29, 0.717) is 22.7 Å². The van der Waals surface area contributed by atoms with Crippen LogP contribution in [0.5, 0.6) is 0 Å². The van der Waals surface area contributed by atoms with Crippen LogP contribution >= 0.6 is 11.8 Å². The quantitative estimate of drug-likeness (QED) is 0.647. The zero-order chi connectivity index (χ0) is 22.7. The summed E-state index contributed by atoms with van der Waals surface area (Å²) >= 11 is 1.54. The van der Waals surface area contributed by atoms with Gasteiger partial charge >= 0.3 is 0 Å². The van der Waals surface area contributed by atoms with Gasteiger partial charge in [-0.3, -0.25) is 19.6 Å². The van der Waals surface area contributed by atoms with Crippen LogP contribution in [0.15, 0.2) is 48.8 Å². The summed E-state index contributed by atoms with van der Waals surface area (Å²) in [5, 5.41) is 12.6. The fourth-order valence-corrected chi connectivity index (χ4v) is 4.81. The Labute approximate surface area is 190 Å². The van der Waals surface area contributed by atoms with Gasteiger partial charge < -0.3 is 10.2 Å². The number of pyridine rings is 2. The SMILES string of the molecule is Cc1ccc([C@H](C)c2ccc3nccc(C(=O)NCC(=O)N4CSC[C@H]4C#N)c3c2)cn1. The average Bonchev–Trinajstić information content (AvgIpc) is 3.30. The van der Waals surface area contributed by atoms with Gasteiger partial charge in [0.2, 0.25) is 5.91 Å². The number of hydrogen-bond acceptors (Lipinski definition) is 6. The predicted octanol–water partition coefficient (Wildman–Crippen LogP) is 3.24. The molecule has 0 bridgehead atoms. The third-order valence-electron chi connectivity index (χ3n) is 5.70. The number of hydrogen-bond donors (Lipinski definition) is 1. The second-order valence-electron chi connectivity index (χ2n) is 7.78. The maximum absolute atomic E-state index is 12.9. The molecule has 1 saturated heterocycles. The molecule has 7 nitrogen and oxygen atoms in total. The molecule has 1 N–H and O–H groups in total. The Morgan fingerprint density at radius 1 is 1.25 bits per heavy atom. The van der Waals surface area contributed by atoms with Crippen LogP contribution < -0.4 is 5.32 Å². The minimum absolute atomic E-state index is 0.0979. The molecule has 2 amide bonds. The third kappa shape index (κ3) is 4.43. The van der Waals surface area contributed by atoms with Crippen LogP contribution in [0.25, 0.3) is 10.9 Å². The number of nitrogens with one attached hydrogen (secondary N) is 1. The lowest BCUT2D eigenvalue weighted by molar-refractivity contribution is -0.129. The highest BCUT2D eigenvalue weighted by molar-refractivity contribution is 7.99. The normalized spacial score (nSPS) is 16.5. The van der Waals surface area contributed by atoms with Gasteiger partial charge in [0.05, 0.1) is 29.6 Å². The molecular weight excluding hydrogens is 422 g/mol. The van der Waals surface area contributed by atoms with E-state index in [1.54, 1.807) is 12.3 Å². The van der Waals surface area contributed by atoms with Crippen molar-refractivity contribution in [3.8, 4) is 6.07 Å². The first kappa shape index (κ1) is 21.8. The Hall–Kier alpha value is -3.44. The van der Waals surface area contributed by atoms with Crippen LogP contribution in [-0.2, 0) is 4.79 Å². The minimum atomic E-state index is -0.438. The van der Waals surface area contributed by atoms with Gasteiger partial charge in [-0.25, -0.2) is 0 Å². The van der Waals surface area contributed by atoms with Crippen molar-refractivity contribution in [2.24, 2.45) is 0 Å². The van der Waals surface area contributed by atoms with Gasteiger partial charge in [-0.2, -0.15) is 5.26 Å². The molecule has 1 aliphatic rings. The number of nitriles is 1. The number of carbonyl (C=O) groups is 2. The number of aromatic nitrogens is 2. The molecule has 1 aliphatic heterocycles. The number of benzene rings is 1. The number of thioether (sulfide) groups is 1. The summed E-state index contributed by atoms with van der Waals surface area (Å²) in [6.07, 6.45) is 3.46. The van der Waals surface area contributed by atoms with Gasteiger partial charge in [0.25, 0.3) is 5.91 Å². The molecule has 32 heavy (non-hydrogen) atoms. The number of nitrogens with zero attached hydrogens (tertiary/aromatic N) is 4. The van der Waals surface area contributed by atoms with E-state index in [0.717, 1.165) is 22.2 Å². The molecule has 162 valence electrons. The summed E-state index contributed by atoms with van der Waals surface area (Å²) in [5.74, 6) is 0.575. The van der Waals surface area contributed by atoms with Gasteiger partial charge in [0, 0.05) is 35.1 Å². The van der Waals surface area contributed by atoms with Gasteiger partial charge in [0.15, 0.2) is 0 Å². The maximum atomic E-state index is 12.9. The lowest BCUT2D eigenvalue weighted by Crippen LogP contribution is -2.42. The number of carbonyl (C=O) groups excluding carboxylic acids is 2. The molecule has 2 atom stereocenters. The second-order valence-corrected chi connectivity index (χ2v) is 8.78. The predicted molar refractivity (Wildman–Crippen MR) is 124 cm³/mol. The van der Waals surface area contributed by atoms with Crippen LogP contribution in [-0.4, -0.2) is 50.9 Å². The number of aryl methyl sites for hydroxylation is 1. The topological polar surface area (TPSA) is 99.0 Å². The fourth-order valence-electron chi connectivity index (χ4n) is 3.71. The van der Waals surface area contributed by atoms with Crippen molar-refractivity contribution in [1.29, 1.82) is 5.26 Å². The van der Waals surface area contributed by atoms with Crippen molar-refractivity contribution in [3.05, 3.63) is 71.2 Å². The van der Waals surface area contributed by atoms with Crippen molar-refractivity contribution >= 4 is 34.5 Å². The molecule has 0 spiro atoms. The Morgan fingerprint density at radius 3 is 2.81 bits per heavy atom. The van der Waals surface area contributed by atoms with Crippen molar-refractivity contribution < 1.29 is 9.59 Å². The number of amides is 2. The Bertz CT molecular complexity index is 1210. The summed E-state index contributed by atoms with van der Waals surface area (Å²) in [6, 6.07) is 13.3. The highest BCUT2D eigenvalue weighted by Gasteiger charge is 2.29. The summed E-state index contributed by atoms with van der Waals surface area (Å²) in [7, 11) is 0. The van der Waals surface area contributed by atoms with E-state index in [9.17, 15) is 14.9 Å². The Balaban J connectivity index is 1.55. The molecule has 0 radical (unpaired) electrons. The first-order chi connectivity index (χ1) is 15.5. The molecule has 8 heteroatoms. The number of rotatable bonds is 5. The van der Waals surface area contributed by atoms with Crippen molar-refractivity contribution in [2.45, 2.75) is 25.8 Å². The first-order valence-electron chi connectivity index (χ1n) is 10.3. The smallest absolute Gasteiger partial charge is 0.252 e.